The highest BCUT2D eigenvalue weighted by Gasteiger charge is 2.49. The summed E-state index contributed by atoms with van der Waals surface area (Å²) in [4.78, 5) is 38.4. The minimum atomic E-state index is -3.88. The Morgan fingerprint density at radius 3 is 2.22 bits per heavy atom. The van der Waals surface area contributed by atoms with E-state index in [0.29, 0.717) is 18.8 Å². The fourth-order valence-electron chi connectivity index (χ4n) is 4.92. The number of aryl methyl sites for hydroxylation is 1. The fourth-order valence-corrected chi connectivity index (χ4v) is 6.57. The Balaban J connectivity index is 1.43. The first kappa shape index (κ1) is 25.9. The first-order valence-corrected chi connectivity index (χ1v) is 14.1. The third-order valence-corrected chi connectivity index (χ3v) is 8.99. The van der Waals surface area contributed by atoms with Crippen LogP contribution in [0.2, 0.25) is 0 Å². The summed E-state index contributed by atoms with van der Waals surface area (Å²) in [5, 5.41) is 6.63. The molecule has 0 aromatic heterocycles. The van der Waals surface area contributed by atoms with E-state index >= 15 is 0 Å². The maximum Gasteiger partial charge on any atom is 0.246 e. The molecule has 192 valence electrons. The maximum absolute atomic E-state index is 13.3. The number of hydrogen-bond acceptors (Lipinski definition) is 5. The Bertz CT molecular complexity index is 1160. The molecule has 0 spiro atoms. The minimum Gasteiger partial charge on any atom is -0.344 e. The van der Waals surface area contributed by atoms with E-state index in [2.05, 4.69) is 16.0 Å². The van der Waals surface area contributed by atoms with Crippen molar-refractivity contribution < 1.29 is 22.8 Å². The van der Waals surface area contributed by atoms with Crippen molar-refractivity contribution in [3.05, 3.63) is 66.2 Å². The Kier molecular flexibility index (Phi) is 8.40. The standard InChI is InChI=1S/C27H33N3O5S/c31-23(17-16-19-10-4-1-5-11-19)28-22(18-20-12-6-2-7-13-20)25(32)29-24-26(33)30-27(24)36(34,35)21-14-8-3-9-15-21/h1,3-5,8-11,14-15,20,22,24,27H,2,6-7,12-13,16-18H2,(H,28,31)(H,29,32)(H,30,33)/t22-,24+,27?/m0/s1. The zero-order valence-electron chi connectivity index (χ0n) is 20.2. The molecule has 1 aliphatic carbocycles. The van der Waals surface area contributed by atoms with Crippen molar-refractivity contribution >= 4 is 27.6 Å². The van der Waals surface area contributed by atoms with E-state index in [0.717, 1.165) is 37.7 Å². The number of β-lactam (4-membered cyclic amide) rings is 1. The predicted octanol–water partition coefficient (Wildman–Crippen LogP) is 2.49. The molecule has 1 unspecified atom stereocenters. The molecule has 1 saturated carbocycles. The van der Waals surface area contributed by atoms with Crippen LogP contribution in [0.4, 0.5) is 0 Å². The molecule has 2 aromatic carbocycles. The minimum absolute atomic E-state index is 0.0715. The Morgan fingerprint density at radius 2 is 1.58 bits per heavy atom. The lowest BCUT2D eigenvalue weighted by Crippen LogP contribution is -2.72. The molecule has 0 radical (unpaired) electrons. The summed E-state index contributed by atoms with van der Waals surface area (Å²) in [5.41, 5.74) is 1.03. The number of carbonyl (C=O) groups excluding carboxylic acids is 3. The monoisotopic (exact) mass is 511 g/mol. The van der Waals surface area contributed by atoms with Gasteiger partial charge in [0.15, 0.2) is 5.37 Å². The van der Waals surface area contributed by atoms with Gasteiger partial charge in [-0.25, -0.2) is 8.42 Å². The lowest BCUT2D eigenvalue weighted by atomic mass is 9.84. The van der Waals surface area contributed by atoms with Crippen molar-refractivity contribution in [1.29, 1.82) is 0 Å². The van der Waals surface area contributed by atoms with Gasteiger partial charge in [0.1, 0.15) is 12.1 Å². The van der Waals surface area contributed by atoms with Gasteiger partial charge in [0, 0.05) is 6.42 Å². The largest absolute Gasteiger partial charge is 0.344 e. The number of benzene rings is 2. The average Bonchev–Trinajstić information content (AvgIpc) is 2.90. The highest BCUT2D eigenvalue weighted by atomic mass is 32.2. The molecule has 1 heterocycles. The van der Waals surface area contributed by atoms with Gasteiger partial charge < -0.3 is 16.0 Å². The smallest absolute Gasteiger partial charge is 0.246 e. The van der Waals surface area contributed by atoms with Crippen molar-refractivity contribution in [2.45, 2.75) is 73.7 Å². The Labute approximate surface area is 212 Å². The normalized spacial score (nSPS) is 21.1. The van der Waals surface area contributed by atoms with Crippen LogP contribution in [0.15, 0.2) is 65.6 Å². The lowest BCUT2D eigenvalue weighted by Gasteiger charge is -2.37. The topological polar surface area (TPSA) is 121 Å². The average molecular weight is 512 g/mol. The van der Waals surface area contributed by atoms with E-state index in [-0.39, 0.29) is 17.2 Å². The number of hydrogen-bond donors (Lipinski definition) is 3. The van der Waals surface area contributed by atoms with Crippen LogP contribution in [0.1, 0.15) is 50.5 Å². The van der Waals surface area contributed by atoms with Gasteiger partial charge in [-0.3, -0.25) is 14.4 Å². The SMILES string of the molecule is O=C(CCc1ccccc1)N[C@@H](CC1CCCCC1)C(=O)N[C@@H]1C(=O)NC1S(=O)(=O)c1ccccc1. The second-order valence-corrected chi connectivity index (χ2v) is 11.7. The summed E-state index contributed by atoms with van der Waals surface area (Å²) in [6, 6.07) is 15.4. The number of amides is 3. The molecule has 2 aromatic rings. The van der Waals surface area contributed by atoms with Crippen LogP contribution in [0.25, 0.3) is 0 Å². The van der Waals surface area contributed by atoms with E-state index in [1.54, 1.807) is 18.2 Å². The third kappa shape index (κ3) is 6.32. The summed E-state index contributed by atoms with van der Waals surface area (Å²) in [5.74, 6) is -1.04. The summed E-state index contributed by atoms with van der Waals surface area (Å²) < 4.78 is 26.0. The number of nitrogens with one attached hydrogen (secondary N) is 3. The molecular weight excluding hydrogens is 478 g/mol. The van der Waals surface area contributed by atoms with Crippen LogP contribution in [0, 0.1) is 5.92 Å². The van der Waals surface area contributed by atoms with E-state index in [1.165, 1.54) is 12.1 Å². The summed E-state index contributed by atoms with van der Waals surface area (Å²) in [6.07, 6.45) is 6.55. The summed E-state index contributed by atoms with van der Waals surface area (Å²) in [7, 11) is -3.88. The predicted molar refractivity (Wildman–Crippen MR) is 135 cm³/mol. The van der Waals surface area contributed by atoms with Gasteiger partial charge in [0.05, 0.1) is 4.90 Å². The van der Waals surface area contributed by atoms with Gasteiger partial charge >= 0.3 is 0 Å². The zero-order chi connectivity index (χ0) is 25.5. The van der Waals surface area contributed by atoms with Gasteiger partial charge in [-0.05, 0) is 36.5 Å². The van der Waals surface area contributed by atoms with Gasteiger partial charge in [-0.15, -0.1) is 0 Å². The molecule has 3 amide bonds. The second kappa shape index (κ2) is 11.7. The molecule has 8 nitrogen and oxygen atoms in total. The number of sulfone groups is 1. The van der Waals surface area contributed by atoms with E-state index in [1.807, 2.05) is 30.3 Å². The van der Waals surface area contributed by atoms with Crippen molar-refractivity contribution in [3.63, 3.8) is 0 Å². The van der Waals surface area contributed by atoms with Crippen molar-refractivity contribution in [2.24, 2.45) is 5.92 Å². The molecular formula is C27H33N3O5S. The van der Waals surface area contributed by atoms with Gasteiger partial charge in [0.2, 0.25) is 27.6 Å². The third-order valence-electron chi connectivity index (χ3n) is 7.00. The van der Waals surface area contributed by atoms with Crippen molar-refractivity contribution in [1.82, 2.24) is 16.0 Å². The van der Waals surface area contributed by atoms with Gasteiger partial charge in [-0.1, -0.05) is 80.6 Å². The molecule has 4 rings (SSSR count). The van der Waals surface area contributed by atoms with Crippen molar-refractivity contribution in [2.75, 3.05) is 0 Å². The molecule has 1 aliphatic heterocycles. The zero-order valence-corrected chi connectivity index (χ0v) is 21.0. The molecule has 1 saturated heterocycles. The molecule has 36 heavy (non-hydrogen) atoms. The summed E-state index contributed by atoms with van der Waals surface area (Å²) >= 11 is 0. The molecule has 2 aliphatic rings. The molecule has 3 N–H and O–H groups in total. The van der Waals surface area contributed by atoms with Crippen LogP contribution in [-0.4, -0.2) is 43.6 Å². The van der Waals surface area contributed by atoms with E-state index < -0.39 is 39.1 Å². The van der Waals surface area contributed by atoms with Crippen LogP contribution >= 0.6 is 0 Å². The highest BCUT2D eigenvalue weighted by Crippen LogP contribution is 2.28. The maximum atomic E-state index is 13.3. The van der Waals surface area contributed by atoms with Crippen molar-refractivity contribution in [3.8, 4) is 0 Å². The molecule has 9 heteroatoms. The number of carbonyl (C=O) groups is 3. The van der Waals surface area contributed by atoms with Crippen LogP contribution in [-0.2, 0) is 30.6 Å². The molecule has 0 bridgehead atoms. The van der Waals surface area contributed by atoms with Gasteiger partial charge in [-0.2, -0.15) is 0 Å². The second-order valence-electron chi connectivity index (χ2n) is 9.62. The first-order valence-electron chi connectivity index (χ1n) is 12.6. The van der Waals surface area contributed by atoms with Gasteiger partial charge in [0.25, 0.3) is 0 Å². The first-order chi connectivity index (χ1) is 17.3. The van der Waals surface area contributed by atoms with E-state index in [9.17, 15) is 22.8 Å². The quantitative estimate of drug-likeness (QED) is 0.423. The van der Waals surface area contributed by atoms with Crippen LogP contribution < -0.4 is 16.0 Å². The lowest BCUT2D eigenvalue weighted by molar-refractivity contribution is -0.136. The fraction of sp³-hybridized carbons (Fsp3) is 0.444. The molecule has 2 fully saturated rings. The number of rotatable bonds is 10. The van der Waals surface area contributed by atoms with E-state index in [4.69, 9.17) is 0 Å². The Morgan fingerprint density at radius 1 is 0.944 bits per heavy atom. The van der Waals surface area contributed by atoms with Crippen LogP contribution in [0.5, 0.6) is 0 Å². The highest BCUT2D eigenvalue weighted by molar-refractivity contribution is 7.92. The van der Waals surface area contributed by atoms with Crippen LogP contribution in [0.3, 0.4) is 0 Å². The Hall–Kier alpha value is -3.20. The molecule has 3 atom stereocenters. The summed E-state index contributed by atoms with van der Waals surface area (Å²) in [6.45, 7) is 0.